The minimum absolute atomic E-state index is 0. The average molecular weight is 684 g/mol. The van der Waals surface area contributed by atoms with Crippen molar-refractivity contribution in [1.29, 1.82) is 0 Å². The van der Waals surface area contributed by atoms with Crippen LogP contribution in [0.3, 0.4) is 0 Å². The van der Waals surface area contributed by atoms with E-state index in [1.807, 2.05) is 0 Å². The van der Waals surface area contributed by atoms with Gasteiger partial charge in [-0.15, -0.1) is 94.0 Å². The Morgan fingerprint density at radius 1 is 0.676 bits per heavy atom. The molecule has 0 saturated carbocycles. The first kappa shape index (κ1) is 27.6. The second kappa shape index (κ2) is 12.9. The topological polar surface area (TPSA) is 28.2 Å². The van der Waals surface area contributed by atoms with Crippen molar-refractivity contribution < 1.29 is 21.1 Å². The molecular weight excluding hydrogens is 650 g/mol. The smallest absolute Gasteiger partial charge is 0.0557 e. The molecule has 2 unspecified atom stereocenters. The van der Waals surface area contributed by atoms with Crippen LogP contribution in [0, 0.1) is 19.1 Å². The maximum atomic E-state index is 5.37. The second-order valence-electron chi connectivity index (χ2n) is 9.75. The summed E-state index contributed by atoms with van der Waals surface area (Å²) in [5, 5.41) is 10.6. The largest absolute Gasteiger partial charge is 0.687 e. The maximum Gasteiger partial charge on any atom is 0.0557 e. The number of rotatable bonds is 5. The first-order valence-corrected chi connectivity index (χ1v) is 15.6. The van der Waals surface area contributed by atoms with Crippen LogP contribution in [-0.2, 0) is 21.1 Å². The number of para-hydroxylation sites is 2. The molecule has 4 heteroatoms. The first-order chi connectivity index (χ1) is 17.6. The molecule has 0 N–H and O–H groups in total. The van der Waals surface area contributed by atoms with Crippen molar-refractivity contribution in [2.45, 2.75) is 31.3 Å². The van der Waals surface area contributed by atoms with Crippen LogP contribution in [0.2, 0.25) is 0 Å². The van der Waals surface area contributed by atoms with E-state index in [1.165, 1.54) is 6.16 Å². The summed E-state index contributed by atoms with van der Waals surface area (Å²) < 4.78 is 0. The average Bonchev–Trinajstić information content (AvgIpc) is 2.91. The van der Waals surface area contributed by atoms with Crippen LogP contribution in [0.5, 0.6) is 0 Å². The summed E-state index contributed by atoms with van der Waals surface area (Å²) >= 11 is 0. The molecule has 0 saturated heterocycles. The predicted molar refractivity (Wildman–Crippen MR) is 157 cm³/mol. The molecule has 1 heterocycles. The quantitative estimate of drug-likeness (QED) is 0.148. The molecule has 0 fully saturated rings. The van der Waals surface area contributed by atoms with Crippen LogP contribution < -0.4 is 0 Å². The molecule has 1 aliphatic rings. The van der Waals surface area contributed by atoms with E-state index < -0.39 is 0 Å². The summed E-state index contributed by atoms with van der Waals surface area (Å²) in [4.78, 5) is 0. The third kappa shape index (κ3) is 6.54. The van der Waals surface area contributed by atoms with Gasteiger partial charge in [-0.1, -0.05) is 55.0 Å². The third-order valence-electron chi connectivity index (χ3n) is 6.73. The van der Waals surface area contributed by atoms with Crippen LogP contribution in [0.4, 0.5) is 11.4 Å². The summed E-state index contributed by atoms with van der Waals surface area (Å²) in [7, 11) is -0.366. The summed E-state index contributed by atoms with van der Waals surface area (Å²) in [5.41, 5.74) is 8.60. The number of hydrogen-bond acceptors (Lipinski definition) is 0. The van der Waals surface area contributed by atoms with Crippen molar-refractivity contribution in [2.75, 3.05) is 19.5 Å². The molecule has 0 spiro atoms. The molecule has 2 atom stereocenters. The van der Waals surface area contributed by atoms with Gasteiger partial charge < -0.3 is 17.6 Å². The summed E-state index contributed by atoms with van der Waals surface area (Å²) in [6.07, 6.45) is 3.91. The van der Waals surface area contributed by atoms with Gasteiger partial charge in [-0.3, -0.25) is 0 Å². The van der Waals surface area contributed by atoms with Gasteiger partial charge in [-0.05, 0) is 14.3 Å². The van der Waals surface area contributed by atoms with Crippen molar-refractivity contribution in [3.63, 3.8) is 0 Å². The number of fused-ring (bicyclic) bond motifs is 8. The van der Waals surface area contributed by atoms with Crippen LogP contribution in [0.15, 0.2) is 84.9 Å². The Bertz CT molecular complexity index is 1320. The van der Waals surface area contributed by atoms with Crippen LogP contribution in [-0.4, -0.2) is 19.5 Å². The van der Waals surface area contributed by atoms with Gasteiger partial charge in [0.15, 0.2) is 0 Å². The Morgan fingerprint density at radius 2 is 1.16 bits per heavy atom. The molecule has 4 aromatic rings. The molecule has 0 aromatic heterocycles. The SMILES string of the molecule is [CH2-]CCC1[N-]c2ccccc2-c2[c-]c(ccc2)C(CC[PH+](C)C)[N-]c2ccccc2-c2[c-]c1ccc2.[Pt]. The molecule has 37 heavy (non-hydrogen) atoms. The Hall–Kier alpha value is -2.40. The molecular formula is C33H33N2PPt-4. The molecule has 0 aliphatic carbocycles. The van der Waals surface area contributed by atoms with Crippen LogP contribution in [0.1, 0.15) is 42.5 Å². The van der Waals surface area contributed by atoms with E-state index in [4.69, 9.17) is 10.6 Å². The summed E-state index contributed by atoms with van der Waals surface area (Å²) in [6, 6.07) is 37.3. The van der Waals surface area contributed by atoms with Crippen molar-refractivity contribution >= 4 is 19.3 Å². The molecule has 2 nitrogen and oxygen atoms in total. The Balaban J connectivity index is 0.00000320. The molecule has 5 rings (SSSR count). The van der Waals surface area contributed by atoms with Gasteiger partial charge in [0.1, 0.15) is 0 Å². The minimum atomic E-state index is -0.366. The molecule has 194 valence electrons. The van der Waals surface area contributed by atoms with Crippen molar-refractivity contribution in [1.82, 2.24) is 0 Å². The zero-order valence-corrected chi connectivity index (χ0v) is 24.8. The zero-order valence-electron chi connectivity index (χ0n) is 21.5. The maximum absolute atomic E-state index is 5.37. The Morgan fingerprint density at radius 3 is 1.65 bits per heavy atom. The van der Waals surface area contributed by atoms with Crippen molar-refractivity contribution in [2.24, 2.45) is 0 Å². The predicted octanol–water partition coefficient (Wildman–Crippen LogP) is 9.90. The zero-order chi connectivity index (χ0) is 24.9. The van der Waals surface area contributed by atoms with Gasteiger partial charge >= 0.3 is 0 Å². The second-order valence-corrected chi connectivity index (χ2v) is 12.7. The molecule has 4 aromatic carbocycles. The fourth-order valence-corrected chi connectivity index (χ4v) is 5.69. The van der Waals surface area contributed by atoms with Crippen LogP contribution >= 0.6 is 7.92 Å². The van der Waals surface area contributed by atoms with E-state index in [0.29, 0.717) is 0 Å². The third-order valence-corrected chi connectivity index (χ3v) is 8.02. The summed E-state index contributed by atoms with van der Waals surface area (Å²) in [5.74, 6) is 0. The monoisotopic (exact) mass is 683 g/mol. The molecule has 4 bridgehead atoms. The summed E-state index contributed by atoms with van der Waals surface area (Å²) in [6.45, 7) is 8.89. The van der Waals surface area contributed by atoms with E-state index >= 15 is 0 Å². The fourth-order valence-electron chi connectivity index (χ4n) is 4.84. The van der Waals surface area contributed by atoms with Gasteiger partial charge in [0.05, 0.1) is 6.16 Å². The number of benzene rings is 4. The van der Waals surface area contributed by atoms with Gasteiger partial charge in [0.25, 0.3) is 0 Å². The van der Waals surface area contributed by atoms with E-state index in [1.54, 1.807) is 0 Å². The van der Waals surface area contributed by atoms with Crippen molar-refractivity contribution in [3.05, 3.63) is 126 Å². The van der Waals surface area contributed by atoms with Gasteiger partial charge in [0.2, 0.25) is 0 Å². The van der Waals surface area contributed by atoms with Crippen LogP contribution in [0.25, 0.3) is 32.9 Å². The standard InChI is InChI=1S/C33H32N2P.Pt/c1-4-11-30-26-14-9-12-24(22-26)29-17-6-8-19-33(29)35-31(20-21-36(2)3)27-15-10-13-25(23-27)28-16-5-7-18-32(28)34-30;/h5-10,12-19,30-31H,1,4,11,20-21H2,2-3H3;/q-5;/p+1. The normalized spacial score (nSPS) is 16.3. The number of hydrogen-bond donors (Lipinski definition) is 0. The first-order valence-electron chi connectivity index (χ1n) is 12.9. The molecule has 1 aliphatic heterocycles. The van der Waals surface area contributed by atoms with E-state index in [2.05, 4.69) is 117 Å². The van der Waals surface area contributed by atoms with Crippen molar-refractivity contribution in [3.8, 4) is 22.3 Å². The molecule has 0 radical (unpaired) electrons. The fraction of sp³-hybridized carbons (Fsp3) is 0.242. The van der Waals surface area contributed by atoms with Gasteiger partial charge in [-0.2, -0.15) is 17.8 Å². The van der Waals surface area contributed by atoms with Gasteiger partial charge in [0, 0.05) is 34.4 Å². The van der Waals surface area contributed by atoms with E-state index in [0.717, 1.165) is 64.0 Å². The van der Waals surface area contributed by atoms with Gasteiger partial charge in [-0.25, -0.2) is 0 Å². The Kier molecular flexibility index (Phi) is 9.64. The Labute approximate surface area is 238 Å². The number of nitrogens with zero attached hydrogens (tertiary/aromatic N) is 2. The van der Waals surface area contributed by atoms with E-state index in [-0.39, 0.29) is 41.1 Å². The van der Waals surface area contributed by atoms with E-state index in [9.17, 15) is 0 Å². The minimum Gasteiger partial charge on any atom is -0.687 e. The molecule has 0 amide bonds.